The van der Waals surface area contributed by atoms with Gasteiger partial charge in [0.1, 0.15) is 0 Å². The molecule has 0 radical (unpaired) electrons. The maximum absolute atomic E-state index is 12.6. The van der Waals surface area contributed by atoms with Crippen molar-refractivity contribution in [3.8, 4) is 0 Å². The van der Waals surface area contributed by atoms with Crippen LogP contribution in [-0.2, 0) is 17.6 Å². The number of hydrogen-bond donors (Lipinski definition) is 1. The van der Waals surface area contributed by atoms with E-state index in [1.54, 1.807) is 0 Å². The number of hydrogen-bond acceptors (Lipinski definition) is 2. The number of carbonyl (C=O) groups excluding carboxylic acids is 1. The Hall–Kier alpha value is -2.29. The van der Waals surface area contributed by atoms with Gasteiger partial charge in [0.2, 0.25) is 5.91 Å². The first kappa shape index (κ1) is 15.6. The number of benzene rings is 2. The van der Waals surface area contributed by atoms with Crippen molar-refractivity contribution < 1.29 is 4.79 Å². The van der Waals surface area contributed by atoms with Crippen molar-refractivity contribution in [1.29, 1.82) is 0 Å². The minimum Gasteiger partial charge on any atom is -0.359 e. The van der Waals surface area contributed by atoms with Gasteiger partial charge in [-0.05, 0) is 49.4 Å². The average molecular weight is 308 g/mol. The van der Waals surface area contributed by atoms with Crippen molar-refractivity contribution in [2.45, 2.75) is 39.7 Å². The number of fused-ring (bicyclic) bond motifs is 1. The molecule has 1 unspecified atom stereocenters. The first-order chi connectivity index (χ1) is 11.1. The summed E-state index contributed by atoms with van der Waals surface area (Å²) in [4.78, 5) is 14.8. The van der Waals surface area contributed by atoms with E-state index < -0.39 is 0 Å². The summed E-state index contributed by atoms with van der Waals surface area (Å²) in [5, 5.41) is 3.13. The van der Waals surface area contributed by atoms with E-state index in [0.717, 1.165) is 24.1 Å². The smallest absolute Gasteiger partial charge is 0.243 e. The van der Waals surface area contributed by atoms with Crippen LogP contribution >= 0.6 is 0 Å². The van der Waals surface area contributed by atoms with Gasteiger partial charge in [-0.15, -0.1) is 0 Å². The highest BCUT2D eigenvalue weighted by atomic mass is 16.2. The van der Waals surface area contributed by atoms with Gasteiger partial charge in [0.15, 0.2) is 0 Å². The normalized spacial score (nSPS) is 16.3. The molecule has 3 rings (SSSR count). The Morgan fingerprint density at radius 1 is 1.22 bits per heavy atom. The topological polar surface area (TPSA) is 32.3 Å². The van der Waals surface area contributed by atoms with Crippen molar-refractivity contribution in [2.24, 2.45) is 0 Å². The molecule has 2 aromatic carbocycles. The van der Waals surface area contributed by atoms with E-state index in [1.165, 1.54) is 16.8 Å². The predicted molar refractivity (Wildman–Crippen MR) is 96.1 cm³/mol. The Bertz CT molecular complexity index is 723. The fourth-order valence-corrected chi connectivity index (χ4v) is 3.41. The van der Waals surface area contributed by atoms with Crippen LogP contribution in [0.1, 0.15) is 30.5 Å². The average Bonchev–Trinajstić information content (AvgIpc) is 2.85. The van der Waals surface area contributed by atoms with Crippen LogP contribution in [-0.4, -0.2) is 18.5 Å². The number of carbonyl (C=O) groups is 1. The predicted octanol–water partition coefficient (Wildman–Crippen LogP) is 3.95. The standard InChI is InChI=1S/C20H24N2O/c1-4-16-10-7-8-14(2)20(16)21-19(23)13-22-15(3)12-17-9-5-6-11-18(17)22/h5-11,15H,4,12-13H2,1-3H3,(H,21,23). The number of aryl methyl sites for hydroxylation is 2. The van der Waals surface area contributed by atoms with Gasteiger partial charge in [0, 0.05) is 17.4 Å². The molecule has 2 aromatic rings. The van der Waals surface area contributed by atoms with E-state index in [1.807, 2.05) is 25.1 Å². The molecule has 1 atom stereocenters. The molecule has 0 saturated carbocycles. The first-order valence-corrected chi connectivity index (χ1v) is 8.33. The maximum Gasteiger partial charge on any atom is 0.243 e. The third-order valence-corrected chi connectivity index (χ3v) is 4.67. The van der Waals surface area contributed by atoms with Gasteiger partial charge in [-0.25, -0.2) is 0 Å². The van der Waals surface area contributed by atoms with Crippen LogP contribution in [0.3, 0.4) is 0 Å². The Morgan fingerprint density at radius 2 is 2.00 bits per heavy atom. The molecular weight excluding hydrogens is 284 g/mol. The molecule has 1 N–H and O–H groups in total. The highest BCUT2D eigenvalue weighted by Gasteiger charge is 2.27. The van der Waals surface area contributed by atoms with Gasteiger partial charge in [-0.3, -0.25) is 4.79 Å². The summed E-state index contributed by atoms with van der Waals surface area (Å²) in [6, 6.07) is 14.9. The van der Waals surface area contributed by atoms with Crippen LogP contribution in [0.15, 0.2) is 42.5 Å². The molecule has 1 aliphatic heterocycles. The largest absolute Gasteiger partial charge is 0.359 e. The van der Waals surface area contributed by atoms with E-state index in [9.17, 15) is 4.79 Å². The zero-order chi connectivity index (χ0) is 16.4. The van der Waals surface area contributed by atoms with Gasteiger partial charge in [0.05, 0.1) is 6.54 Å². The molecule has 3 nitrogen and oxygen atoms in total. The molecule has 0 fully saturated rings. The molecule has 0 aliphatic carbocycles. The summed E-state index contributed by atoms with van der Waals surface area (Å²) in [5.74, 6) is 0.0533. The van der Waals surface area contributed by atoms with Gasteiger partial charge < -0.3 is 10.2 Å². The summed E-state index contributed by atoms with van der Waals surface area (Å²) in [5.41, 5.74) is 5.80. The van der Waals surface area contributed by atoms with E-state index in [2.05, 4.69) is 48.3 Å². The van der Waals surface area contributed by atoms with Crippen molar-refractivity contribution in [3.63, 3.8) is 0 Å². The molecule has 0 saturated heterocycles. The molecule has 1 aliphatic rings. The monoisotopic (exact) mass is 308 g/mol. The van der Waals surface area contributed by atoms with Gasteiger partial charge >= 0.3 is 0 Å². The first-order valence-electron chi connectivity index (χ1n) is 8.33. The van der Waals surface area contributed by atoms with E-state index in [-0.39, 0.29) is 5.91 Å². The van der Waals surface area contributed by atoms with Crippen LogP contribution in [0, 0.1) is 6.92 Å². The molecule has 23 heavy (non-hydrogen) atoms. The number of amides is 1. The minimum absolute atomic E-state index is 0.0533. The summed E-state index contributed by atoms with van der Waals surface area (Å²) < 4.78 is 0. The molecule has 0 bridgehead atoms. The van der Waals surface area contributed by atoms with E-state index in [4.69, 9.17) is 0 Å². The number of rotatable bonds is 4. The molecule has 1 amide bonds. The Morgan fingerprint density at radius 3 is 2.78 bits per heavy atom. The number of para-hydroxylation sites is 2. The lowest BCUT2D eigenvalue weighted by atomic mass is 10.1. The summed E-state index contributed by atoms with van der Waals surface area (Å²) in [6.45, 7) is 6.74. The highest BCUT2D eigenvalue weighted by Crippen LogP contribution is 2.31. The van der Waals surface area contributed by atoms with Crippen LogP contribution < -0.4 is 10.2 Å². The van der Waals surface area contributed by atoms with Crippen LogP contribution in [0.25, 0.3) is 0 Å². The highest BCUT2D eigenvalue weighted by molar-refractivity contribution is 5.95. The second-order valence-electron chi connectivity index (χ2n) is 6.32. The summed E-state index contributed by atoms with van der Waals surface area (Å²) in [6.07, 6.45) is 1.92. The van der Waals surface area contributed by atoms with Crippen LogP contribution in [0.2, 0.25) is 0 Å². The Labute approximate surface area is 138 Å². The van der Waals surface area contributed by atoms with Crippen molar-refractivity contribution in [3.05, 3.63) is 59.2 Å². The number of anilines is 2. The Balaban J connectivity index is 1.76. The van der Waals surface area contributed by atoms with E-state index >= 15 is 0 Å². The quantitative estimate of drug-likeness (QED) is 0.927. The lowest BCUT2D eigenvalue weighted by Gasteiger charge is -2.24. The minimum atomic E-state index is 0.0533. The zero-order valence-corrected chi connectivity index (χ0v) is 14.1. The lowest BCUT2D eigenvalue weighted by molar-refractivity contribution is -0.115. The molecule has 0 aromatic heterocycles. The van der Waals surface area contributed by atoms with Gasteiger partial charge in [-0.1, -0.05) is 43.3 Å². The fraction of sp³-hybridized carbons (Fsp3) is 0.350. The molecular formula is C20H24N2O. The lowest BCUT2D eigenvalue weighted by Crippen LogP contribution is -2.37. The molecule has 0 spiro atoms. The second kappa shape index (κ2) is 6.45. The van der Waals surface area contributed by atoms with Crippen molar-refractivity contribution >= 4 is 17.3 Å². The zero-order valence-electron chi connectivity index (χ0n) is 14.1. The van der Waals surface area contributed by atoms with Crippen molar-refractivity contribution in [2.75, 3.05) is 16.8 Å². The van der Waals surface area contributed by atoms with Crippen molar-refractivity contribution in [1.82, 2.24) is 0 Å². The molecule has 120 valence electrons. The molecule has 1 heterocycles. The summed E-state index contributed by atoms with van der Waals surface area (Å²) in [7, 11) is 0. The summed E-state index contributed by atoms with van der Waals surface area (Å²) >= 11 is 0. The number of nitrogens with zero attached hydrogens (tertiary/aromatic N) is 1. The van der Waals surface area contributed by atoms with Crippen LogP contribution in [0.5, 0.6) is 0 Å². The third-order valence-electron chi connectivity index (χ3n) is 4.67. The fourth-order valence-electron chi connectivity index (χ4n) is 3.41. The van der Waals surface area contributed by atoms with E-state index in [0.29, 0.717) is 12.6 Å². The van der Waals surface area contributed by atoms with Gasteiger partial charge in [-0.2, -0.15) is 0 Å². The van der Waals surface area contributed by atoms with Crippen LogP contribution in [0.4, 0.5) is 11.4 Å². The maximum atomic E-state index is 12.6. The third kappa shape index (κ3) is 3.09. The molecule has 3 heteroatoms. The number of nitrogens with one attached hydrogen (secondary N) is 1. The van der Waals surface area contributed by atoms with Gasteiger partial charge in [0.25, 0.3) is 0 Å². The SMILES string of the molecule is CCc1cccc(C)c1NC(=O)CN1c2ccccc2CC1C. The second-order valence-corrected chi connectivity index (χ2v) is 6.32. The Kier molecular flexibility index (Phi) is 4.37.